The van der Waals surface area contributed by atoms with Crippen molar-refractivity contribution in [1.82, 2.24) is 14.4 Å². The molecule has 3 aromatic carbocycles. The van der Waals surface area contributed by atoms with Crippen LogP contribution in [0.3, 0.4) is 0 Å². The summed E-state index contributed by atoms with van der Waals surface area (Å²) in [6.07, 6.45) is 7.06. The molecule has 0 atom stereocenters. The third-order valence-electron chi connectivity index (χ3n) is 7.92. The first-order valence-corrected chi connectivity index (χ1v) is 15.6. The number of benzene rings is 3. The van der Waals surface area contributed by atoms with Crippen molar-refractivity contribution in [1.29, 1.82) is 0 Å². The van der Waals surface area contributed by atoms with Crippen LogP contribution in [0.15, 0.2) is 96.2 Å². The van der Waals surface area contributed by atoms with E-state index in [9.17, 15) is 8.42 Å². The van der Waals surface area contributed by atoms with Gasteiger partial charge in [0.25, 0.3) is 10.1 Å². The van der Waals surface area contributed by atoms with Gasteiger partial charge in [-0.25, -0.2) is 9.97 Å². The van der Waals surface area contributed by atoms with E-state index in [4.69, 9.17) is 19.6 Å². The number of nitrogen functional groups attached to an aromatic ring is 1. The van der Waals surface area contributed by atoms with Gasteiger partial charge in [-0.3, -0.25) is 8.58 Å². The van der Waals surface area contributed by atoms with Crippen LogP contribution in [0.5, 0.6) is 5.75 Å². The standard InChI is InChI=1S/C33H34N4O4S/c1-23-7-5-12-29(19-23)42(38,39)41-22-25-13-15-26(16-14-25)33-36-30(31-32(34)35-17-18-37(31)33)27-10-6-11-28(20-27)40-21-24-8-3-2-4-9-24/h2-12,17-20,25-26H,13-16,21-22H2,1H3,(H2,34,35). The van der Waals surface area contributed by atoms with E-state index in [0.717, 1.165) is 65.2 Å². The molecule has 1 fully saturated rings. The molecule has 1 aliphatic rings. The minimum absolute atomic E-state index is 0.164. The predicted octanol–water partition coefficient (Wildman–Crippen LogP) is 6.55. The molecule has 5 aromatic rings. The van der Waals surface area contributed by atoms with Gasteiger partial charge < -0.3 is 10.5 Å². The van der Waals surface area contributed by atoms with Crippen molar-refractivity contribution in [3.63, 3.8) is 0 Å². The van der Waals surface area contributed by atoms with Crippen LogP contribution in [-0.2, 0) is 20.9 Å². The number of nitrogens with zero attached hydrogens (tertiary/aromatic N) is 3. The van der Waals surface area contributed by atoms with Crippen molar-refractivity contribution in [3.8, 4) is 17.0 Å². The first kappa shape index (κ1) is 27.9. The molecule has 1 saturated carbocycles. The molecule has 6 rings (SSSR count). The van der Waals surface area contributed by atoms with Gasteiger partial charge in [0.05, 0.1) is 11.5 Å². The summed E-state index contributed by atoms with van der Waals surface area (Å²) >= 11 is 0. The molecular weight excluding hydrogens is 548 g/mol. The minimum atomic E-state index is -3.78. The highest BCUT2D eigenvalue weighted by Gasteiger charge is 2.29. The average molecular weight is 583 g/mol. The number of nitrogens with two attached hydrogens (primary N) is 1. The van der Waals surface area contributed by atoms with Crippen LogP contribution in [0, 0.1) is 12.8 Å². The molecular formula is C33H34N4O4S. The van der Waals surface area contributed by atoms with Gasteiger partial charge in [0.1, 0.15) is 35.2 Å². The fraction of sp³-hybridized carbons (Fsp3) is 0.273. The predicted molar refractivity (Wildman–Crippen MR) is 163 cm³/mol. The van der Waals surface area contributed by atoms with Crippen molar-refractivity contribution < 1.29 is 17.3 Å². The monoisotopic (exact) mass is 582 g/mol. The van der Waals surface area contributed by atoms with E-state index >= 15 is 0 Å². The molecule has 0 saturated heterocycles. The maximum Gasteiger partial charge on any atom is 0.296 e. The molecule has 0 bridgehead atoms. The second kappa shape index (κ2) is 12.0. The van der Waals surface area contributed by atoms with Crippen LogP contribution in [-0.4, -0.2) is 29.4 Å². The van der Waals surface area contributed by atoms with Crippen LogP contribution < -0.4 is 10.5 Å². The Balaban J connectivity index is 1.17. The lowest BCUT2D eigenvalue weighted by molar-refractivity contribution is 0.203. The molecule has 0 radical (unpaired) electrons. The minimum Gasteiger partial charge on any atom is -0.489 e. The van der Waals surface area contributed by atoms with Gasteiger partial charge in [-0.1, -0.05) is 54.6 Å². The normalized spacial score (nSPS) is 17.4. The van der Waals surface area contributed by atoms with Crippen LogP contribution in [0.1, 0.15) is 48.6 Å². The Kier molecular flexibility index (Phi) is 7.95. The number of rotatable bonds is 9. The molecule has 0 spiro atoms. The van der Waals surface area contributed by atoms with Crippen molar-refractivity contribution in [2.75, 3.05) is 12.3 Å². The number of hydrogen-bond donors (Lipinski definition) is 1. The highest BCUT2D eigenvalue weighted by atomic mass is 32.2. The zero-order valence-electron chi connectivity index (χ0n) is 23.5. The van der Waals surface area contributed by atoms with Gasteiger partial charge in [-0.2, -0.15) is 8.42 Å². The third-order valence-corrected chi connectivity index (χ3v) is 9.19. The lowest BCUT2D eigenvalue weighted by Crippen LogP contribution is -2.21. The molecule has 9 heteroatoms. The summed E-state index contributed by atoms with van der Waals surface area (Å²) in [5.41, 5.74) is 10.8. The van der Waals surface area contributed by atoms with Gasteiger partial charge >= 0.3 is 0 Å². The molecule has 2 aromatic heterocycles. The zero-order valence-corrected chi connectivity index (χ0v) is 24.3. The van der Waals surface area contributed by atoms with Gasteiger partial charge in [0.2, 0.25) is 0 Å². The Labute approximate surface area is 246 Å². The van der Waals surface area contributed by atoms with Gasteiger partial charge in [0, 0.05) is 23.9 Å². The van der Waals surface area contributed by atoms with Crippen LogP contribution >= 0.6 is 0 Å². The SMILES string of the molecule is Cc1cccc(S(=O)(=O)OCC2CCC(c3nc(-c4cccc(OCc5ccccc5)c4)c4c(N)nccn34)CC2)c1. The van der Waals surface area contributed by atoms with E-state index in [0.29, 0.717) is 12.4 Å². The van der Waals surface area contributed by atoms with E-state index in [1.165, 1.54) is 0 Å². The van der Waals surface area contributed by atoms with Crippen LogP contribution in [0.4, 0.5) is 5.82 Å². The summed E-state index contributed by atoms with van der Waals surface area (Å²) in [5, 5.41) is 0. The highest BCUT2D eigenvalue weighted by Crippen LogP contribution is 2.39. The first-order valence-electron chi connectivity index (χ1n) is 14.2. The van der Waals surface area contributed by atoms with Gasteiger partial charge in [-0.15, -0.1) is 0 Å². The van der Waals surface area contributed by atoms with E-state index in [-0.39, 0.29) is 23.3 Å². The summed E-state index contributed by atoms with van der Waals surface area (Å²) in [5.74, 6) is 2.48. The first-order chi connectivity index (χ1) is 20.4. The number of imidazole rings is 1. The third kappa shape index (κ3) is 6.03. The quantitative estimate of drug-likeness (QED) is 0.196. The Morgan fingerprint density at radius 3 is 2.52 bits per heavy atom. The van der Waals surface area contributed by atoms with Gasteiger partial charge in [0.15, 0.2) is 0 Å². The number of aryl methyl sites for hydroxylation is 1. The molecule has 2 heterocycles. The second-order valence-corrected chi connectivity index (χ2v) is 12.5. The van der Waals surface area contributed by atoms with Crippen LogP contribution in [0.25, 0.3) is 16.8 Å². The highest BCUT2D eigenvalue weighted by molar-refractivity contribution is 7.86. The van der Waals surface area contributed by atoms with Crippen molar-refractivity contribution >= 4 is 21.5 Å². The molecule has 0 unspecified atom stereocenters. The second-order valence-electron chi connectivity index (χ2n) is 10.9. The fourth-order valence-electron chi connectivity index (χ4n) is 5.66. The number of hydrogen-bond acceptors (Lipinski definition) is 7. The summed E-state index contributed by atoms with van der Waals surface area (Å²) < 4.78 is 39.0. The average Bonchev–Trinajstić information content (AvgIpc) is 3.41. The van der Waals surface area contributed by atoms with Crippen molar-refractivity contribution in [3.05, 3.63) is 108 Å². The number of ether oxygens (including phenoxy) is 1. The Morgan fingerprint density at radius 2 is 1.74 bits per heavy atom. The summed E-state index contributed by atoms with van der Waals surface area (Å²) in [6.45, 7) is 2.52. The largest absolute Gasteiger partial charge is 0.489 e. The molecule has 8 nitrogen and oxygen atoms in total. The number of aromatic nitrogens is 3. The topological polar surface area (TPSA) is 109 Å². The van der Waals surface area contributed by atoms with E-state index in [1.807, 2.05) is 73.8 Å². The van der Waals surface area contributed by atoms with E-state index < -0.39 is 10.1 Å². The molecule has 1 aliphatic carbocycles. The van der Waals surface area contributed by atoms with Crippen LogP contribution in [0.2, 0.25) is 0 Å². The Hall–Kier alpha value is -4.21. The lowest BCUT2D eigenvalue weighted by Gasteiger charge is -2.27. The van der Waals surface area contributed by atoms with E-state index in [1.54, 1.807) is 24.4 Å². The van der Waals surface area contributed by atoms with Gasteiger partial charge in [-0.05, 0) is 73.9 Å². The molecule has 2 N–H and O–H groups in total. The maximum absolute atomic E-state index is 12.7. The lowest BCUT2D eigenvalue weighted by atomic mass is 9.82. The smallest absolute Gasteiger partial charge is 0.296 e. The molecule has 42 heavy (non-hydrogen) atoms. The molecule has 0 amide bonds. The molecule has 216 valence electrons. The van der Waals surface area contributed by atoms with Crippen molar-refractivity contribution in [2.45, 2.75) is 50.0 Å². The summed E-state index contributed by atoms with van der Waals surface area (Å²) in [6, 6.07) is 24.8. The summed E-state index contributed by atoms with van der Waals surface area (Å²) in [7, 11) is -3.78. The van der Waals surface area contributed by atoms with Crippen molar-refractivity contribution in [2.24, 2.45) is 5.92 Å². The summed E-state index contributed by atoms with van der Waals surface area (Å²) in [4.78, 5) is 9.68. The maximum atomic E-state index is 12.7. The molecule has 0 aliphatic heterocycles. The number of fused-ring (bicyclic) bond motifs is 1. The zero-order chi connectivity index (χ0) is 29.1. The Morgan fingerprint density at radius 1 is 0.952 bits per heavy atom. The number of anilines is 1. The van der Waals surface area contributed by atoms with E-state index in [2.05, 4.69) is 9.38 Å². The fourth-order valence-corrected chi connectivity index (χ4v) is 6.75. The Bertz CT molecular complexity index is 1800.